The molecule has 0 fully saturated rings. The molecule has 0 bridgehead atoms. The second-order valence-corrected chi connectivity index (χ2v) is 8.49. The fourth-order valence-corrected chi connectivity index (χ4v) is 4.29. The maximum atomic E-state index is 14.5. The van der Waals surface area contributed by atoms with Gasteiger partial charge in [0.1, 0.15) is 17.0 Å². The first kappa shape index (κ1) is 20.2. The van der Waals surface area contributed by atoms with Crippen LogP contribution in [-0.4, -0.2) is 50.7 Å². The first-order valence-electron chi connectivity index (χ1n) is 11.0. The van der Waals surface area contributed by atoms with Crippen LogP contribution >= 0.6 is 0 Å². The van der Waals surface area contributed by atoms with E-state index in [2.05, 4.69) is 48.6 Å². The molecular weight excluding hydrogens is 429 g/mol. The van der Waals surface area contributed by atoms with E-state index in [1.807, 2.05) is 26.4 Å². The van der Waals surface area contributed by atoms with Crippen molar-refractivity contribution in [1.82, 2.24) is 35.4 Å². The molecule has 2 aromatic carbocycles. The number of allylic oxidation sites excluding steroid dienone is 2. The van der Waals surface area contributed by atoms with Crippen molar-refractivity contribution in [2.75, 3.05) is 20.6 Å². The van der Waals surface area contributed by atoms with Gasteiger partial charge in [-0.2, -0.15) is 5.10 Å². The van der Waals surface area contributed by atoms with E-state index in [1.165, 1.54) is 11.8 Å². The van der Waals surface area contributed by atoms with Crippen LogP contribution in [0.25, 0.3) is 50.2 Å². The first-order chi connectivity index (χ1) is 16.6. The minimum absolute atomic E-state index is 0.310. The van der Waals surface area contributed by atoms with Crippen LogP contribution in [0.3, 0.4) is 0 Å². The summed E-state index contributed by atoms with van der Waals surface area (Å²) in [7, 11) is 4.08. The highest BCUT2D eigenvalue weighted by Gasteiger charge is 2.18. The Bertz CT molecular complexity index is 1610. The third-order valence-electron chi connectivity index (χ3n) is 6.12. The molecule has 1 aliphatic rings. The van der Waals surface area contributed by atoms with Gasteiger partial charge in [0.2, 0.25) is 0 Å². The lowest BCUT2D eigenvalue weighted by Crippen LogP contribution is -2.24. The summed E-state index contributed by atoms with van der Waals surface area (Å²) in [6, 6.07) is 12.9. The molecule has 3 N–H and O–H groups in total. The number of halogens is 1. The van der Waals surface area contributed by atoms with Gasteiger partial charge in [-0.25, -0.2) is 9.37 Å². The summed E-state index contributed by atoms with van der Waals surface area (Å²) >= 11 is 0. The fourth-order valence-electron chi connectivity index (χ4n) is 4.29. The summed E-state index contributed by atoms with van der Waals surface area (Å²) in [6.45, 7) is 0.799. The largest absolute Gasteiger partial charge is 0.385 e. The van der Waals surface area contributed by atoms with Crippen LogP contribution in [0.2, 0.25) is 0 Å². The number of aromatic amines is 2. The van der Waals surface area contributed by atoms with Crippen LogP contribution in [0, 0.1) is 5.82 Å². The van der Waals surface area contributed by atoms with Crippen molar-refractivity contribution >= 4 is 27.5 Å². The van der Waals surface area contributed by atoms with Gasteiger partial charge in [0.15, 0.2) is 5.82 Å². The molecule has 34 heavy (non-hydrogen) atoms. The Labute approximate surface area is 195 Å². The van der Waals surface area contributed by atoms with Crippen molar-refractivity contribution in [3.63, 3.8) is 0 Å². The molecular formula is C26H22FN7. The SMILES string of the molecule is CN(C)C1=CC(c2ccc3[nH]nc(-c4nc5c(-c6ccccc6F)cncc5[nH]4)c3c2)=CNC1. The number of H-pyrrole nitrogens is 2. The quantitative estimate of drug-likeness (QED) is 0.369. The first-order valence-corrected chi connectivity index (χ1v) is 11.0. The van der Waals surface area contributed by atoms with Gasteiger partial charge >= 0.3 is 0 Å². The summed E-state index contributed by atoms with van der Waals surface area (Å²) in [4.78, 5) is 14.5. The van der Waals surface area contributed by atoms with Crippen LogP contribution in [0.4, 0.5) is 4.39 Å². The Kier molecular flexibility index (Phi) is 4.65. The molecule has 1 aliphatic heterocycles. The van der Waals surface area contributed by atoms with E-state index in [9.17, 15) is 4.39 Å². The Hall–Kier alpha value is -4.46. The lowest BCUT2D eigenvalue weighted by atomic mass is 10.0. The van der Waals surface area contributed by atoms with E-state index < -0.39 is 0 Å². The normalized spacial score (nSPS) is 13.6. The number of hydrogen-bond acceptors (Lipinski definition) is 5. The third-order valence-corrected chi connectivity index (χ3v) is 6.12. The summed E-state index contributed by atoms with van der Waals surface area (Å²) in [5.41, 5.74) is 7.47. The fraction of sp³-hybridized carbons (Fsp3) is 0.115. The van der Waals surface area contributed by atoms with Crippen molar-refractivity contribution in [2.45, 2.75) is 0 Å². The summed E-state index contributed by atoms with van der Waals surface area (Å²) in [5, 5.41) is 11.9. The highest BCUT2D eigenvalue weighted by atomic mass is 19.1. The molecule has 0 atom stereocenters. The Balaban J connectivity index is 1.47. The minimum Gasteiger partial charge on any atom is -0.385 e. The van der Waals surface area contributed by atoms with Crippen LogP contribution < -0.4 is 5.32 Å². The van der Waals surface area contributed by atoms with E-state index in [0.717, 1.165) is 34.1 Å². The number of imidazole rings is 1. The van der Waals surface area contributed by atoms with E-state index >= 15 is 0 Å². The number of nitrogens with one attached hydrogen (secondary N) is 3. The van der Waals surface area contributed by atoms with Crippen molar-refractivity contribution in [1.29, 1.82) is 0 Å². The average Bonchev–Trinajstić information content (AvgIpc) is 3.48. The zero-order chi connectivity index (χ0) is 23.2. The number of pyridine rings is 1. The number of rotatable bonds is 4. The lowest BCUT2D eigenvalue weighted by Gasteiger charge is -2.22. The van der Waals surface area contributed by atoms with Gasteiger partial charge in [-0.3, -0.25) is 10.1 Å². The Morgan fingerprint density at radius 1 is 1.00 bits per heavy atom. The maximum Gasteiger partial charge on any atom is 0.159 e. The molecule has 6 rings (SSSR count). The molecule has 168 valence electrons. The number of nitrogens with zero attached hydrogens (tertiary/aromatic N) is 4. The van der Waals surface area contributed by atoms with Crippen LogP contribution in [0.1, 0.15) is 5.56 Å². The number of aromatic nitrogens is 5. The molecule has 0 aliphatic carbocycles. The second kappa shape index (κ2) is 7.84. The summed E-state index contributed by atoms with van der Waals surface area (Å²) in [5.74, 6) is 0.292. The van der Waals surface area contributed by atoms with Crippen molar-refractivity contribution in [2.24, 2.45) is 0 Å². The van der Waals surface area contributed by atoms with Crippen LogP contribution in [0.15, 0.2) is 72.8 Å². The molecule has 0 radical (unpaired) electrons. The van der Waals surface area contributed by atoms with E-state index in [-0.39, 0.29) is 5.82 Å². The smallest absolute Gasteiger partial charge is 0.159 e. The molecule has 4 heterocycles. The zero-order valence-electron chi connectivity index (χ0n) is 18.7. The average molecular weight is 452 g/mol. The number of dihydropyridines is 1. The predicted octanol–water partition coefficient (Wildman–Crippen LogP) is 4.70. The third kappa shape index (κ3) is 3.31. The van der Waals surface area contributed by atoms with E-state index in [4.69, 9.17) is 4.98 Å². The highest BCUT2D eigenvalue weighted by molar-refractivity contribution is 5.98. The number of likely N-dealkylation sites (N-methyl/N-ethyl adjacent to an activating group) is 1. The molecule has 0 amide bonds. The topological polar surface area (TPSA) is 85.5 Å². The second-order valence-electron chi connectivity index (χ2n) is 8.49. The van der Waals surface area contributed by atoms with Gasteiger partial charge in [-0.05, 0) is 35.4 Å². The van der Waals surface area contributed by atoms with Gasteiger partial charge in [0.25, 0.3) is 0 Å². The van der Waals surface area contributed by atoms with Gasteiger partial charge < -0.3 is 15.2 Å². The summed E-state index contributed by atoms with van der Waals surface area (Å²) in [6.07, 6.45) is 7.55. The summed E-state index contributed by atoms with van der Waals surface area (Å²) < 4.78 is 14.5. The van der Waals surface area contributed by atoms with Crippen molar-refractivity contribution in [3.05, 3.63) is 84.2 Å². The highest BCUT2D eigenvalue weighted by Crippen LogP contribution is 2.33. The number of fused-ring (bicyclic) bond motifs is 2. The van der Waals surface area contributed by atoms with Gasteiger partial charge in [-0.1, -0.05) is 24.3 Å². The monoisotopic (exact) mass is 451 g/mol. The molecule has 8 heteroatoms. The molecule has 7 nitrogen and oxygen atoms in total. The van der Waals surface area contributed by atoms with Gasteiger partial charge in [0.05, 0.1) is 23.8 Å². The Morgan fingerprint density at radius 2 is 1.88 bits per heavy atom. The number of hydrogen-bond donors (Lipinski definition) is 3. The molecule has 0 saturated carbocycles. The molecule has 3 aromatic heterocycles. The lowest BCUT2D eigenvalue weighted by molar-refractivity contribution is 0.492. The zero-order valence-corrected chi connectivity index (χ0v) is 18.7. The van der Waals surface area contributed by atoms with Gasteiger partial charge in [-0.15, -0.1) is 0 Å². The Morgan fingerprint density at radius 3 is 2.74 bits per heavy atom. The molecule has 0 saturated heterocycles. The van der Waals surface area contributed by atoms with Crippen LogP contribution in [0.5, 0.6) is 0 Å². The molecule has 0 spiro atoms. The van der Waals surface area contributed by atoms with Crippen molar-refractivity contribution < 1.29 is 4.39 Å². The minimum atomic E-state index is -0.310. The standard InChI is InChI=1S/C26H22FN7/c1-34(2)17-9-16(11-28-12-17)15-7-8-22-19(10-15)25(33-32-22)26-30-23-14-29-13-20(24(23)31-26)18-5-3-4-6-21(18)27/h3-11,13-14,28H,12H2,1-2H3,(H,30,31)(H,32,33). The van der Waals surface area contributed by atoms with E-state index in [0.29, 0.717) is 28.2 Å². The maximum absolute atomic E-state index is 14.5. The molecule has 0 unspecified atom stereocenters. The predicted molar refractivity (Wildman–Crippen MR) is 132 cm³/mol. The van der Waals surface area contributed by atoms with Crippen molar-refractivity contribution in [3.8, 4) is 22.6 Å². The van der Waals surface area contributed by atoms with Gasteiger partial charge in [0, 0.05) is 48.7 Å². The van der Waals surface area contributed by atoms with Crippen LogP contribution in [-0.2, 0) is 0 Å². The molecule has 5 aromatic rings. The van der Waals surface area contributed by atoms with E-state index in [1.54, 1.807) is 30.6 Å². The number of benzene rings is 2.